The van der Waals surface area contributed by atoms with Gasteiger partial charge in [-0.25, -0.2) is 0 Å². The van der Waals surface area contributed by atoms with Crippen LogP contribution < -0.4 is 0 Å². The van der Waals surface area contributed by atoms with Crippen LogP contribution in [0, 0.1) is 0 Å². The smallest absolute Gasteiger partial charge is 0.311 e. The molecule has 0 fully saturated rings. The lowest BCUT2D eigenvalue weighted by atomic mass is 10.3. The quantitative estimate of drug-likeness (QED) is 0.273. The molecule has 0 aliphatic carbocycles. The second-order valence-electron chi connectivity index (χ2n) is 8.87. The third-order valence-corrected chi connectivity index (χ3v) is 13.8. The summed E-state index contributed by atoms with van der Waals surface area (Å²) in [5, 5.41) is 0. The monoisotopic (exact) mass is 374 g/mol. The lowest BCUT2D eigenvalue weighted by Gasteiger charge is -2.38. The Morgan fingerprint density at radius 3 is 1.74 bits per heavy atom. The summed E-state index contributed by atoms with van der Waals surface area (Å²) in [5.74, 6) is 0. The van der Waals surface area contributed by atoms with Crippen molar-refractivity contribution in [1.82, 2.24) is 0 Å². The van der Waals surface area contributed by atoms with E-state index in [-0.39, 0.29) is 0 Å². The van der Waals surface area contributed by atoms with Gasteiger partial charge >= 0.3 is 8.56 Å². The van der Waals surface area contributed by atoms with Crippen molar-refractivity contribution in [3.63, 3.8) is 0 Å². The Kier molecular flexibility index (Phi) is 8.92. The Labute approximate surface area is 148 Å². The molecule has 0 saturated carbocycles. The Balaban J connectivity index is 4.57. The van der Waals surface area contributed by atoms with E-state index >= 15 is 0 Å². The molecule has 0 rings (SSSR count). The highest BCUT2D eigenvalue weighted by atomic mass is 28.5. The van der Waals surface area contributed by atoms with Gasteiger partial charge in [-0.05, 0) is 70.4 Å². The van der Waals surface area contributed by atoms with Crippen molar-refractivity contribution in [2.75, 3.05) is 26.7 Å². The average Bonchev–Trinajstić information content (AvgIpc) is 2.23. The summed E-state index contributed by atoms with van der Waals surface area (Å²) < 4.78 is 13.9. The van der Waals surface area contributed by atoms with Crippen LogP contribution >= 0.6 is 0 Å². The summed E-state index contributed by atoms with van der Waals surface area (Å²) in [5.41, 5.74) is 0. The highest BCUT2D eigenvalue weighted by Crippen LogP contribution is 2.24. The van der Waals surface area contributed by atoms with Crippen LogP contribution in [0.15, 0.2) is 25.3 Å². The van der Waals surface area contributed by atoms with Crippen LogP contribution in [0.4, 0.5) is 0 Å². The molecule has 0 aromatic heterocycles. The van der Waals surface area contributed by atoms with Crippen LogP contribution in [0.25, 0.3) is 0 Å². The maximum Gasteiger partial charge on any atom is 0.311 e. The second kappa shape index (κ2) is 8.92. The largest absolute Gasteiger partial charge is 0.437 e. The zero-order valence-corrected chi connectivity index (χ0v) is 19.9. The molecular formula is C17H40NO2Si3+. The van der Waals surface area contributed by atoms with Gasteiger partial charge in [0, 0.05) is 0 Å². The fourth-order valence-electron chi connectivity index (χ4n) is 3.24. The third-order valence-electron chi connectivity index (χ3n) is 3.69. The van der Waals surface area contributed by atoms with Crippen molar-refractivity contribution in [2.24, 2.45) is 0 Å². The van der Waals surface area contributed by atoms with E-state index in [9.17, 15) is 0 Å². The Hall–Kier alpha value is 0.0106. The molecule has 0 radical (unpaired) electrons. The summed E-state index contributed by atoms with van der Waals surface area (Å²) in [6.07, 6.45) is 5.22. The van der Waals surface area contributed by atoms with E-state index in [2.05, 4.69) is 66.0 Å². The minimum Gasteiger partial charge on any atom is -0.437 e. The first kappa shape index (κ1) is 23.0. The Morgan fingerprint density at radius 2 is 1.35 bits per heavy atom. The topological polar surface area (TPSA) is 18.5 Å². The third kappa shape index (κ3) is 11.2. The fourth-order valence-corrected chi connectivity index (χ4v) is 16.4. The lowest BCUT2D eigenvalue weighted by molar-refractivity contribution is -0.898. The van der Waals surface area contributed by atoms with Crippen LogP contribution in [-0.4, -0.2) is 56.4 Å². The minimum absolute atomic E-state index is 0.990. The van der Waals surface area contributed by atoms with Crippen molar-refractivity contribution >= 4 is 25.2 Å². The molecule has 0 aliphatic rings. The second-order valence-corrected chi connectivity index (χ2v) is 21.5. The van der Waals surface area contributed by atoms with Gasteiger partial charge in [0.1, 0.15) is 0 Å². The molecule has 6 heteroatoms. The zero-order chi connectivity index (χ0) is 18.4. The Bertz CT molecular complexity index is 380. The molecule has 0 aliphatic heterocycles. The number of nitrogens with zero attached hydrogens (tertiary/aromatic N) is 1. The highest BCUT2D eigenvalue weighted by Gasteiger charge is 2.38. The van der Waals surface area contributed by atoms with Crippen molar-refractivity contribution in [3.8, 4) is 0 Å². The van der Waals surface area contributed by atoms with E-state index in [4.69, 9.17) is 8.23 Å². The number of likely N-dealkylation sites (N-methyl/N-ethyl adjacent to an activating group) is 1. The number of quaternary nitrogens is 1. The van der Waals surface area contributed by atoms with Crippen molar-refractivity contribution in [2.45, 2.75) is 58.3 Å². The molecule has 0 spiro atoms. The molecule has 0 unspecified atom stereocenters. The van der Waals surface area contributed by atoms with Crippen molar-refractivity contribution < 1.29 is 12.7 Å². The van der Waals surface area contributed by atoms with Crippen LogP contribution in [0.3, 0.4) is 0 Å². The first-order chi connectivity index (χ1) is 10.2. The summed E-state index contributed by atoms with van der Waals surface area (Å²) >= 11 is 0. The standard InChI is InChI=1S/C17H40NO2Si3/c1-11-14-18(3,15-12-2)16-13-17-22(7,8)20-23(9,10)19-21(4,5)6/h11-12H,1-2,13-17H2,3-10H3/q+1. The van der Waals surface area contributed by atoms with E-state index in [1.807, 2.05) is 12.2 Å². The zero-order valence-electron chi connectivity index (χ0n) is 16.9. The van der Waals surface area contributed by atoms with Crippen LogP contribution in [-0.2, 0) is 8.23 Å². The molecule has 0 aromatic carbocycles. The number of hydrogen-bond acceptors (Lipinski definition) is 2. The maximum atomic E-state index is 6.58. The molecule has 0 saturated heterocycles. The first-order valence-electron chi connectivity index (χ1n) is 8.70. The normalized spacial score (nSPS) is 13.9. The first-order valence-corrected chi connectivity index (χ1v) is 18.0. The molecule has 0 atom stereocenters. The van der Waals surface area contributed by atoms with E-state index < -0.39 is 25.2 Å². The predicted molar refractivity (Wildman–Crippen MR) is 111 cm³/mol. The molecule has 136 valence electrons. The van der Waals surface area contributed by atoms with Gasteiger partial charge in [0.15, 0.2) is 16.6 Å². The van der Waals surface area contributed by atoms with E-state index in [0.717, 1.165) is 24.1 Å². The minimum atomic E-state index is -2.01. The molecule has 0 heterocycles. The number of rotatable bonds is 12. The van der Waals surface area contributed by atoms with Gasteiger partial charge in [-0.1, -0.05) is 13.2 Å². The van der Waals surface area contributed by atoms with Gasteiger partial charge in [0.05, 0.1) is 26.7 Å². The maximum absolute atomic E-state index is 6.58. The van der Waals surface area contributed by atoms with Gasteiger partial charge in [-0.15, -0.1) is 0 Å². The van der Waals surface area contributed by atoms with Gasteiger partial charge in [-0.3, -0.25) is 0 Å². The van der Waals surface area contributed by atoms with Crippen molar-refractivity contribution in [1.29, 1.82) is 0 Å². The van der Waals surface area contributed by atoms with E-state index in [1.54, 1.807) is 0 Å². The highest BCUT2D eigenvalue weighted by molar-refractivity contribution is 6.87. The molecule has 0 aromatic rings. The summed E-state index contributed by atoms with van der Waals surface area (Å²) in [4.78, 5) is 0. The fraction of sp³-hybridized carbons (Fsp3) is 0.765. The van der Waals surface area contributed by atoms with Gasteiger partial charge in [-0.2, -0.15) is 0 Å². The molecule has 0 N–H and O–H groups in total. The summed E-state index contributed by atoms with van der Waals surface area (Å²) in [6, 6.07) is 1.18. The summed E-state index contributed by atoms with van der Waals surface area (Å²) in [6.45, 7) is 26.7. The number of hydrogen-bond donors (Lipinski definition) is 0. The predicted octanol–water partition coefficient (Wildman–Crippen LogP) is 4.97. The molecular weight excluding hydrogens is 334 g/mol. The van der Waals surface area contributed by atoms with Crippen molar-refractivity contribution in [3.05, 3.63) is 25.3 Å². The SMILES string of the molecule is C=CC[N+](C)(CC=C)CCC[Si](C)(C)O[Si](C)(C)O[Si](C)(C)C. The molecule has 3 nitrogen and oxygen atoms in total. The van der Waals surface area contributed by atoms with Gasteiger partial charge < -0.3 is 12.7 Å². The Morgan fingerprint density at radius 1 is 0.870 bits per heavy atom. The molecule has 23 heavy (non-hydrogen) atoms. The molecule has 0 bridgehead atoms. The summed E-state index contributed by atoms with van der Waals surface area (Å²) in [7, 11) is -2.96. The average molecular weight is 375 g/mol. The van der Waals surface area contributed by atoms with Crippen LogP contribution in [0.1, 0.15) is 6.42 Å². The van der Waals surface area contributed by atoms with Crippen LogP contribution in [0.5, 0.6) is 0 Å². The van der Waals surface area contributed by atoms with E-state index in [0.29, 0.717) is 0 Å². The van der Waals surface area contributed by atoms with Crippen LogP contribution in [0.2, 0.25) is 51.9 Å². The van der Waals surface area contributed by atoms with E-state index in [1.165, 1.54) is 12.5 Å². The lowest BCUT2D eigenvalue weighted by Crippen LogP contribution is -2.52. The molecule has 0 amide bonds. The van der Waals surface area contributed by atoms with Gasteiger partial charge in [0.25, 0.3) is 0 Å². The van der Waals surface area contributed by atoms with Gasteiger partial charge in [0.2, 0.25) is 0 Å².